The van der Waals surface area contributed by atoms with Crippen LogP contribution in [0.2, 0.25) is 0 Å². The van der Waals surface area contributed by atoms with Crippen LogP contribution >= 0.6 is 0 Å². The summed E-state index contributed by atoms with van der Waals surface area (Å²) in [7, 11) is 3.61. The average molecular weight is 151 g/mol. The zero-order chi connectivity index (χ0) is 8.10. The number of rotatable bonds is 3. The van der Waals surface area contributed by atoms with Gasteiger partial charge in [0.1, 0.15) is 0 Å². The second-order valence-electron chi connectivity index (χ2n) is 2.34. The van der Waals surface area contributed by atoms with E-state index < -0.39 is 0 Å². The number of benzene rings is 1. The summed E-state index contributed by atoms with van der Waals surface area (Å²) in [6, 6.07) is 8.10. The van der Waals surface area contributed by atoms with Crippen molar-refractivity contribution >= 4 is 5.69 Å². The lowest BCUT2D eigenvalue weighted by Crippen LogP contribution is -1.95. The Bertz CT molecular complexity index is 223. The van der Waals surface area contributed by atoms with Gasteiger partial charge in [-0.25, -0.2) is 0 Å². The van der Waals surface area contributed by atoms with Crippen LogP contribution < -0.4 is 5.32 Å². The van der Waals surface area contributed by atoms with Gasteiger partial charge in [-0.2, -0.15) is 0 Å². The lowest BCUT2D eigenvalue weighted by molar-refractivity contribution is 0.185. The normalized spacial score (nSPS) is 9.64. The van der Waals surface area contributed by atoms with Crippen LogP contribution in [0.5, 0.6) is 0 Å². The molecule has 1 rings (SSSR count). The predicted molar refractivity (Wildman–Crippen MR) is 46.7 cm³/mol. The van der Waals surface area contributed by atoms with Crippen molar-refractivity contribution in [2.45, 2.75) is 6.61 Å². The Morgan fingerprint density at radius 1 is 1.36 bits per heavy atom. The van der Waals surface area contributed by atoms with Crippen LogP contribution in [-0.2, 0) is 11.3 Å². The third-order valence-corrected chi connectivity index (χ3v) is 1.59. The molecule has 0 bridgehead atoms. The monoisotopic (exact) mass is 151 g/mol. The maximum Gasteiger partial charge on any atom is 0.0733 e. The Labute approximate surface area is 67.2 Å². The molecule has 2 nitrogen and oxygen atoms in total. The minimum Gasteiger partial charge on any atom is -0.388 e. The van der Waals surface area contributed by atoms with Crippen molar-refractivity contribution in [1.29, 1.82) is 0 Å². The second-order valence-corrected chi connectivity index (χ2v) is 2.34. The Hall–Kier alpha value is -1.02. The summed E-state index contributed by atoms with van der Waals surface area (Å²) >= 11 is 0. The van der Waals surface area contributed by atoms with Crippen molar-refractivity contribution in [3.8, 4) is 0 Å². The summed E-state index contributed by atoms with van der Waals surface area (Å²) in [4.78, 5) is 0. The van der Waals surface area contributed by atoms with Gasteiger partial charge in [0.05, 0.1) is 6.61 Å². The van der Waals surface area contributed by atoms with Gasteiger partial charge in [0.15, 0.2) is 0 Å². The molecule has 1 aromatic carbocycles. The van der Waals surface area contributed by atoms with Crippen LogP contribution in [0.4, 0.5) is 5.69 Å². The molecule has 0 heterocycles. The van der Waals surface area contributed by atoms with Gasteiger partial charge in [0, 0.05) is 25.4 Å². The topological polar surface area (TPSA) is 21.3 Å². The minimum absolute atomic E-state index is 0.664. The minimum atomic E-state index is 0.664. The SMILES string of the molecule is CNc1ccccc1COC. The third-order valence-electron chi connectivity index (χ3n) is 1.59. The van der Waals surface area contributed by atoms with Crippen LogP contribution in [0.3, 0.4) is 0 Å². The zero-order valence-corrected chi connectivity index (χ0v) is 6.92. The van der Waals surface area contributed by atoms with Gasteiger partial charge in [-0.05, 0) is 6.07 Å². The summed E-state index contributed by atoms with van der Waals surface area (Å²) < 4.78 is 5.03. The fourth-order valence-corrected chi connectivity index (χ4v) is 1.05. The lowest BCUT2D eigenvalue weighted by Gasteiger charge is -2.06. The van der Waals surface area contributed by atoms with Crippen LogP contribution in [0.15, 0.2) is 24.3 Å². The number of para-hydroxylation sites is 1. The number of methoxy groups -OCH3 is 1. The molecule has 0 fully saturated rings. The molecule has 0 spiro atoms. The molecule has 0 radical (unpaired) electrons. The van der Waals surface area contributed by atoms with E-state index in [0.29, 0.717) is 6.61 Å². The molecule has 0 unspecified atom stereocenters. The Morgan fingerprint density at radius 3 is 2.73 bits per heavy atom. The van der Waals surface area contributed by atoms with Gasteiger partial charge in [-0.1, -0.05) is 18.2 Å². The molecule has 0 aliphatic heterocycles. The molecule has 0 aliphatic carbocycles. The molecule has 60 valence electrons. The van der Waals surface area contributed by atoms with Gasteiger partial charge in [0.25, 0.3) is 0 Å². The summed E-state index contributed by atoms with van der Waals surface area (Å²) in [5, 5.41) is 3.10. The van der Waals surface area contributed by atoms with Gasteiger partial charge in [-0.3, -0.25) is 0 Å². The number of hydrogen-bond donors (Lipinski definition) is 1. The van der Waals surface area contributed by atoms with E-state index in [-0.39, 0.29) is 0 Å². The quantitative estimate of drug-likeness (QED) is 0.712. The first-order valence-electron chi connectivity index (χ1n) is 3.63. The molecule has 11 heavy (non-hydrogen) atoms. The smallest absolute Gasteiger partial charge is 0.0733 e. The van der Waals surface area contributed by atoms with Crippen molar-refractivity contribution < 1.29 is 4.74 Å². The summed E-state index contributed by atoms with van der Waals surface area (Å²) in [5.41, 5.74) is 2.33. The highest BCUT2D eigenvalue weighted by molar-refractivity contribution is 5.50. The number of ether oxygens (including phenoxy) is 1. The highest BCUT2D eigenvalue weighted by Gasteiger charge is 1.96. The molecule has 0 saturated heterocycles. The third kappa shape index (κ3) is 1.95. The van der Waals surface area contributed by atoms with Crippen molar-refractivity contribution in [2.24, 2.45) is 0 Å². The fraction of sp³-hybridized carbons (Fsp3) is 0.333. The summed E-state index contributed by atoms with van der Waals surface area (Å²) in [5.74, 6) is 0. The van der Waals surface area contributed by atoms with E-state index in [0.717, 1.165) is 5.69 Å². The van der Waals surface area contributed by atoms with E-state index in [1.165, 1.54) is 5.56 Å². The van der Waals surface area contributed by atoms with Gasteiger partial charge >= 0.3 is 0 Å². The predicted octanol–water partition coefficient (Wildman–Crippen LogP) is 1.87. The van der Waals surface area contributed by atoms with Gasteiger partial charge in [-0.15, -0.1) is 0 Å². The first-order valence-corrected chi connectivity index (χ1v) is 3.63. The van der Waals surface area contributed by atoms with E-state index in [2.05, 4.69) is 11.4 Å². The molecule has 1 N–H and O–H groups in total. The highest BCUT2D eigenvalue weighted by Crippen LogP contribution is 2.14. The Morgan fingerprint density at radius 2 is 2.09 bits per heavy atom. The molecule has 1 aromatic rings. The van der Waals surface area contributed by atoms with Crippen molar-refractivity contribution in [1.82, 2.24) is 0 Å². The van der Waals surface area contributed by atoms with Crippen LogP contribution in [0, 0.1) is 0 Å². The molecule has 0 saturated carbocycles. The van der Waals surface area contributed by atoms with Crippen molar-refractivity contribution in [2.75, 3.05) is 19.5 Å². The maximum absolute atomic E-state index is 5.03. The largest absolute Gasteiger partial charge is 0.388 e. The van der Waals surface area contributed by atoms with Crippen LogP contribution in [-0.4, -0.2) is 14.2 Å². The van der Waals surface area contributed by atoms with Gasteiger partial charge in [0.2, 0.25) is 0 Å². The fourth-order valence-electron chi connectivity index (χ4n) is 1.05. The summed E-state index contributed by atoms with van der Waals surface area (Å²) in [6.07, 6.45) is 0. The molecule has 0 atom stereocenters. The highest BCUT2D eigenvalue weighted by atomic mass is 16.5. The average Bonchev–Trinajstić information content (AvgIpc) is 2.06. The van der Waals surface area contributed by atoms with Crippen molar-refractivity contribution in [3.63, 3.8) is 0 Å². The maximum atomic E-state index is 5.03. The zero-order valence-electron chi connectivity index (χ0n) is 6.92. The Balaban J connectivity index is 2.83. The first-order chi connectivity index (χ1) is 5.38. The summed E-state index contributed by atoms with van der Waals surface area (Å²) in [6.45, 7) is 0.664. The molecule has 0 aliphatic rings. The van der Waals surface area contributed by atoms with Gasteiger partial charge < -0.3 is 10.1 Å². The van der Waals surface area contributed by atoms with E-state index in [1.54, 1.807) is 7.11 Å². The van der Waals surface area contributed by atoms with Crippen LogP contribution in [0.25, 0.3) is 0 Å². The van der Waals surface area contributed by atoms with Crippen molar-refractivity contribution in [3.05, 3.63) is 29.8 Å². The molecule has 0 amide bonds. The van der Waals surface area contributed by atoms with E-state index >= 15 is 0 Å². The Kier molecular flexibility index (Phi) is 2.93. The molecular weight excluding hydrogens is 138 g/mol. The van der Waals surface area contributed by atoms with Crippen LogP contribution in [0.1, 0.15) is 5.56 Å². The molecular formula is C9H13NO. The standard InChI is InChI=1S/C9H13NO/c1-10-9-6-4-3-5-8(9)7-11-2/h3-6,10H,7H2,1-2H3. The second kappa shape index (κ2) is 3.98. The molecule has 2 heteroatoms. The number of hydrogen-bond acceptors (Lipinski definition) is 2. The lowest BCUT2D eigenvalue weighted by atomic mass is 10.2. The van der Waals surface area contributed by atoms with E-state index in [4.69, 9.17) is 4.74 Å². The van der Waals surface area contributed by atoms with E-state index in [9.17, 15) is 0 Å². The first kappa shape index (κ1) is 8.08. The molecule has 0 aromatic heterocycles. The van der Waals surface area contributed by atoms with E-state index in [1.807, 2.05) is 25.2 Å². The number of nitrogens with one attached hydrogen (secondary N) is 1. The number of anilines is 1.